The predicted molar refractivity (Wildman–Crippen MR) is 85.7 cm³/mol. The second-order valence-corrected chi connectivity index (χ2v) is 4.92. The predicted octanol–water partition coefficient (Wildman–Crippen LogP) is 3.86. The van der Waals surface area contributed by atoms with Gasteiger partial charge in [-0.1, -0.05) is 12.1 Å². The highest BCUT2D eigenvalue weighted by atomic mass is 16.7. The van der Waals surface area contributed by atoms with Crippen LogP contribution in [0.25, 0.3) is 10.9 Å². The number of fused-ring (bicyclic) bond motifs is 1. The Morgan fingerprint density at radius 3 is 2.67 bits per heavy atom. The fraction of sp³-hybridized carbons (Fsp3) is 0.0588. The Hall–Kier alpha value is -3.48. The smallest absolute Gasteiger partial charge is 0.429 e. The molecule has 1 aromatic heterocycles. The van der Waals surface area contributed by atoms with E-state index in [1.54, 1.807) is 6.20 Å². The first-order valence-corrected chi connectivity index (χ1v) is 7.04. The summed E-state index contributed by atoms with van der Waals surface area (Å²) < 4.78 is 10.0. The van der Waals surface area contributed by atoms with Gasteiger partial charge in [0.05, 0.1) is 10.4 Å². The molecule has 0 aliphatic heterocycles. The van der Waals surface area contributed by atoms with Crippen LogP contribution in [0.4, 0.5) is 10.5 Å². The molecule has 0 fully saturated rings. The van der Waals surface area contributed by atoms with Crippen LogP contribution in [0.3, 0.4) is 0 Å². The molecule has 1 heterocycles. The van der Waals surface area contributed by atoms with E-state index in [4.69, 9.17) is 9.47 Å². The number of nitro benzene ring substituents is 1. The quantitative estimate of drug-likeness (QED) is 0.313. The zero-order valence-electron chi connectivity index (χ0n) is 12.4. The van der Waals surface area contributed by atoms with Crippen molar-refractivity contribution in [1.29, 1.82) is 0 Å². The van der Waals surface area contributed by atoms with Gasteiger partial charge in [0.1, 0.15) is 12.4 Å². The maximum atomic E-state index is 11.7. The van der Waals surface area contributed by atoms with Crippen LogP contribution >= 0.6 is 0 Å². The zero-order valence-corrected chi connectivity index (χ0v) is 12.4. The molecule has 0 amide bonds. The fourth-order valence-electron chi connectivity index (χ4n) is 2.12. The van der Waals surface area contributed by atoms with Crippen LogP contribution < -0.4 is 4.74 Å². The molecular weight excluding hydrogens is 312 g/mol. The first-order valence-electron chi connectivity index (χ1n) is 7.04. The van der Waals surface area contributed by atoms with E-state index in [0.717, 1.165) is 16.5 Å². The Morgan fingerprint density at radius 2 is 1.92 bits per heavy atom. The van der Waals surface area contributed by atoms with Gasteiger partial charge in [0.15, 0.2) is 0 Å². The molecule has 0 saturated carbocycles. The van der Waals surface area contributed by atoms with Gasteiger partial charge in [-0.05, 0) is 35.9 Å². The number of hydrogen-bond acceptors (Lipinski definition) is 6. The number of aromatic nitrogens is 1. The summed E-state index contributed by atoms with van der Waals surface area (Å²) in [6, 6.07) is 14.4. The van der Waals surface area contributed by atoms with Gasteiger partial charge in [-0.15, -0.1) is 0 Å². The number of nitrogens with zero attached hydrogens (tertiary/aromatic N) is 2. The molecule has 0 saturated heterocycles. The van der Waals surface area contributed by atoms with E-state index in [1.807, 2.05) is 30.3 Å². The summed E-state index contributed by atoms with van der Waals surface area (Å²) in [5.41, 5.74) is 1.58. The van der Waals surface area contributed by atoms with Gasteiger partial charge in [-0.3, -0.25) is 15.1 Å². The van der Waals surface area contributed by atoms with Crippen LogP contribution in [-0.2, 0) is 11.3 Å². The summed E-state index contributed by atoms with van der Waals surface area (Å²) in [6.07, 6.45) is 0.829. The lowest BCUT2D eigenvalue weighted by Crippen LogP contribution is -2.10. The van der Waals surface area contributed by atoms with E-state index in [-0.39, 0.29) is 18.0 Å². The Morgan fingerprint density at radius 1 is 1.12 bits per heavy atom. The Labute approximate surface area is 136 Å². The lowest BCUT2D eigenvalue weighted by Gasteiger charge is -2.06. The zero-order chi connectivity index (χ0) is 16.9. The molecule has 0 unspecified atom stereocenters. The number of benzene rings is 2. The van der Waals surface area contributed by atoms with E-state index in [2.05, 4.69) is 4.98 Å². The maximum Gasteiger partial charge on any atom is 0.514 e. The number of rotatable bonds is 4. The molecule has 0 aliphatic carbocycles. The number of nitro groups is 1. The largest absolute Gasteiger partial charge is 0.514 e. The average Bonchev–Trinajstić information content (AvgIpc) is 2.60. The summed E-state index contributed by atoms with van der Waals surface area (Å²) in [6.45, 7) is 0.0522. The molecule has 2 aromatic carbocycles. The van der Waals surface area contributed by atoms with E-state index in [0.29, 0.717) is 0 Å². The van der Waals surface area contributed by atoms with Crippen molar-refractivity contribution in [3.8, 4) is 5.75 Å². The number of pyridine rings is 1. The summed E-state index contributed by atoms with van der Waals surface area (Å²) in [7, 11) is 0. The molecule has 7 nitrogen and oxygen atoms in total. The standard InChI is InChI=1S/C17H12N2O5/c20-17(24-15-6-4-14(5-7-15)19(21)22)23-11-12-3-8-16-13(10-12)2-1-9-18-16/h1-10H,11H2. The van der Waals surface area contributed by atoms with Crippen LogP contribution in [0.2, 0.25) is 0 Å². The third-order valence-electron chi connectivity index (χ3n) is 3.27. The number of carbonyl (C=O) groups is 1. The fourth-order valence-corrected chi connectivity index (χ4v) is 2.12. The van der Waals surface area contributed by atoms with Gasteiger partial charge in [-0.2, -0.15) is 0 Å². The highest BCUT2D eigenvalue weighted by Crippen LogP contribution is 2.18. The maximum absolute atomic E-state index is 11.7. The van der Waals surface area contributed by atoms with Crippen molar-refractivity contribution in [3.63, 3.8) is 0 Å². The van der Waals surface area contributed by atoms with Crippen molar-refractivity contribution in [2.75, 3.05) is 0 Å². The van der Waals surface area contributed by atoms with Crippen molar-refractivity contribution >= 4 is 22.7 Å². The van der Waals surface area contributed by atoms with Crippen LogP contribution in [0.15, 0.2) is 60.8 Å². The third kappa shape index (κ3) is 3.64. The lowest BCUT2D eigenvalue weighted by atomic mass is 10.1. The van der Waals surface area contributed by atoms with Gasteiger partial charge in [0, 0.05) is 23.7 Å². The normalized spacial score (nSPS) is 10.3. The minimum atomic E-state index is -0.880. The SMILES string of the molecule is O=C(OCc1ccc2ncccc2c1)Oc1ccc([N+](=O)[O-])cc1. The van der Waals surface area contributed by atoms with Crippen molar-refractivity contribution in [1.82, 2.24) is 4.98 Å². The Bertz CT molecular complexity index is 893. The van der Waals surface area contributed by atoms with Gasteiger partial charge in [-0.25, -0.2) is 4.79 Å². The summed E-state index contributed by atoms with van der Waals surface area (Å²) in [5, 5.41) is 11.5. The van der Waals surface area contributed by atoms with E-state index >= 15 is 0 Å². The van der Waals surface area contributed by atoms with Crippen LogP contribution in [-0.4, -0.2) is 16.1 Å². The molecule has 0 spiro atoms. The van der Waals surface area contributed by atoms with Crippen molar-refractivity contribution in [3.05, 3.63) is 76.5 Å². The van der Waals surface area contributed by atoms with Crippen molar-refractivity contribution in [2.24, 2.45) is 0 Å². The van der Waals surface area contributed by atoms with Gasteiger partial charge in [0.25, 0.3) is 5.69 Å². The number of ether oxygens (including phenoxy) is 2. The monoisotopic (exact) mass is 324 g/mol. The van der Waals surface area contributed by atoms with E-state index < -0.39 is 11.1 Å². The van der Waals surface area contributed by atoms with Crippen LogP contribution in [0, 0.1) is 10.1 Å². The summed E-state index contributed by atoms with van der Waals surface area (Å²) in [5.74, 6) is 0.174. The summed E-state index contributed by atoms with van der Waals surface area (Å²) >= 11 is 0. The van der Waals surface area contributed by atoms with Crippen LogP contribution in [0.5, 0.6) is 5.75 Å². The molecule has 0 bridgehead atoms. The highest BCUT2D eigenvalue weighted by molar-refractivity contribution is 5.78. The number of carbonyl (C=O) groups excluding carboxylic acids is 1. The molecule has 0 N–H and O–H groups in total. The van der Waals surface area contributed by atoms with Crippen LogP contribution in [0.1, 0.15) is 5.56 Å². The first-order chi connectivity index (χ1) is 11.6. The van der Waals surface area contributed by atoms with Crippen molar-refractivity contribution in [2.45, 2.75) is 6.61 Å². The molecule has 3 rings (SSSR count). The van der Waals surface area contributed by atoms with Gasteiger partial charge < -0.3 is 9.47 Å². The van der Waals surface area contributed by atoms with E-state index in [9.17, 15) is 14.9 Å². The molecule has 3 aromatic rings. The molecular formula is C17H12N2O5. The van der Waals surface area contributed by atoms with E-state index in [1.165, 1.54) is 24.3 Å². The molecule has 0 atom stereocenters. The minimum absolute atomic E-state index is 0.0522. The Kier molecular flexibility index (Phi) is 4.33. The third-order valence-corrected chi connectivity index (χ3v) is 3.27. The number of non-ortho nitro benzene ring substituents is 1. The highest BCUT2D eigenvalue weighted by Gasteiger charge is 2.09. The summed E-state index contributed by atoms with van der Waals surface area (Å²) in [4.78, 5) is 25.9. The topological polar surface area (TPSA) is 91.6 Å². The molecule has 0 radical (unpaired) electrons. The van der Waals surface area contributed by atoms with Gasteiger partial charge in [0.2, 0.25) is 0 Å². The number of hydrogen-bond donors (Lipinski definition) is 0. The average molecular weight is 324 g/mol. The molecule has 120 valence electrons. The second-order valence-electron chi connectivity index (χ2n) is 4.92. The second kappa shape index (κ2) is 6.74. The van der Waals surface area contributed by atoms with Gasteiger partial charge >= 0.3 is 6.16 Å². The van der Waals surface area contributed by atoms with Crippen molar-refractivity contribution < 1.29 is 19.2 Å². The Balaban J connectivity index is 1.59. The molecule has 0 aliphatic rings. The molecule has 24 heavy (non-hydrogen) atoms. The minimum Gasteiger partial charge on any atom is -0.429 e. The first kappa shape index (κ1) is 15.4. The lowest BCUT2D eigenvalue weighted by molar-refractivity contribution is -0.384. The molecule has 7 heteroatoms.